The molecular weight excluding hydrogens is 264 g/mol. The first-order valence-electron chi connectivity index (χ1n) is 6.31. The molecule has 1 aromatic carbocycles. The molecule has 0 spiro atoms. The number of hydrogen-bond donors (Lipinski definition) is 1. The molecule has 1 aromatic heterocycles. The largest absolute Gasteiger partial charge is 0.381 e. The number of non-ortho nitro benzene ring substituents is 1. The van der Waals surface area contributed by atoms with Crippen LogP contribution in [0.15, 0.2) is 16.8 Å². The number of aromatic nitrogens is 2. The van der Waals surface area contributed by atoms with E-state index in [0.29, 0.717) is 36.9 Å². The molecule has 0 saturated carbocycles. The van der Waals surface area contributed by atoms with E-state index in [1.165, 1.54) is 6.07 Å². The minimum absolute atomic E-state index is 0.122. The second kappa shape index (κ2) is 6.29. The summed E-state index contributed by atoms with van der Waals surface area (Å²) < 4.78 is 10.0. The van der Waals surface area contributed by atoms with E-state index in [-0.39, 0.29) is 11.2 Å². The van der Waals surface area contributed by atoms with Crippen molar-refractivity contribution in [3.63, 3.8) is 0 Å². The highest BCUT2D eigenvalue weighted by molar-refractivity contribution is 5.93. The van der Waals surface area contributed by atoms with Crippen molar-refractivity contribution in [2.75, 3.05) is 25.1 Å². The predicted octanol–water partition coefficient (Wildman–Crippen LogP) is 2.22. The Labute approximate surface area is 115 Å². The van der Waals surface area contributed by atoms with Crippen molar-refractivity contribution in [3.05, 3.63) is 22.2 Å². The summed E-state index contributed by atoms with van der Waals surface area (Å²) in [6.07, 6.45) is 0. The fourth-order valence-electron chi connectivity index (χ4n) is 1.72. The van der Waals surface area contributed by atoms with Gasteiger partial charge in [0.25, 0.3) is 0 Å². The van der Waals surface area contributed by atoms with Crippen LogP contribution in [0.3, 0.4) is 0 Å². The van der Waals surface area contributed by atoms with Crippen LogP contribution in [-0.4, -0.2) is 35.0 Å². The molecule has 8 nitrogen and oxygen atoms in total. The van der Waals surface area contributed by atoms with Gasteiger partial charge in [-0.3, -0.25) is 10.1 Å². The van der Waals surface area contributed by atoms with Gasteiger partial charge in [0.15, 0.2) is 5.52 Å². The molecular formula is C12H16N4O4. The van der Waals surface area contributed by atoms with Gasteiger partial charge in [0.2, 0.25) is 5.52 Å². The zero-order valence-corrected chi connectivity index (χ0v) is 11.3. The maximum absolute atomic E-state index is 10.8. The molecule has 8 heteroatoms. The van der Waals surface area contributed by atoms with Crippen molar-refractivity contribution in [2.45, 2.75) is 13.8 Å². The van der Waals surface area contributed by atoms with Crippen molar-refractivity contribution in [2.24, 2.45) is 5.92 Å². The first-order valence-corrected chi connectivity index (χ1v) is 6.31. The number of nitro groups is 1. The highest BCUT2D eigenvalue weighted by atomic mass is 16.6. The van der Waals surface area contributed by atoms with Crippen molar-refractivity contribution in [1.29, 1.82) is 0 Å². The number of anilines is 1. The van der Waals surface area contributed by atoms with Crippen LogP contribution in [0.1, 0.15) is 13.8 Å². The van der Waals surface area contributed by atoms with Gasteiger partial charge in [0, 0.05) is 19.2 Å². The van der Waals surface area contributed by atoms with Gasteiger partial charge >= 0.3 is 5.69 Å². The van der Waals surface area contributed by atoms with Gasteiger partial charge in [0.1, 0.15) is 0 Å². The van der Waals surface area contributed by atoms with Gasteiger partial charge in [0.05, 0.1) is 17.2 Å². The summed E-state index contributed by atoms with van der Waals surface area (Å²) in [5.74, 6) is 0.487. The molecule has 0 aliphatic rings. The number of nitrogens with zero attached hydrogens (tertiary/aromatic N) is 3. The average molecular weight is 280 g/mol. The van der Waals surface area contributed by atoms with E-state index >= 15 is 0 Å². The monoisotopic (exact) mass is 280 g/mol. The van der Waals surface area contributed by atoms with E-state index in [4.69, 9.17) is 4.74 Å². The van der Waals surface area contributed by atoms with Crippen molar-refractivity contribution in [1.82, 2.24) is 10.3 Å². The highest BCUT2D eigenvalue weighted by Crippen LogP contribution is 2.28. The maximum atomic E-state index is 10.8. The minimum atomic E-state index is -0.512. The van der Waals surface area contributed by atoms with E-state index in [1.54, 1.807) is 6.07 Å². The highest BCUT2D eigenvalue weighted by Gasteiger charge is 2.19. The number of nitro benzene ring substituents is 1. The Balaban J connectivity index is 2.02. The number of rotatable bonds is 7. The third-order valence-corrected chi connectivity index (χ3v) is 2.60. The molecule has 0 amide bonds. The lowest BCUT2D eigenvalue weighted by molar-refractivity contribution is -0.383. The van der Waals surface area contributed by atoms with Crippen LogP contribution in [0.4, 0.5) is 11.4 Å². The Hall–Kier alpha value is -2.22. The Morgan fingerprint density at radius 2 is 2.15 bits per heavy atom. The van der Waals surface area contributed by atoms with Crippen molar-refractivity contribution < 1.29 is 14.3 Å². The quantitative estimate of drug-likeness (QED) is 0.471. The summed E-state index contributed by atoms with van der Waals surface area (Å²) in [5, 5.41) is 21.2. The molecule has 0 fully saturated rings. The van der Waals surface area contributed by atoms with Gasteiger partial charge in [-0.25, -0.2) is 4.63 Å². The molecule has 20 heavy (non-hydrogen) atoms. The standard InChI is InChI=1S/C12H16N4O4/c1-8(2)7-19-6-5-13-9-3-4-10(16(17)18)12-11(9)14-20-15-12/h3-4,8,13H,5-7H2,1-2H3. The summed E-state index contributed by atoms with van der Waals surface area (Å²) in [6.45, 7) is 5.97. The Morgan fingerprint density at radius 3 is 2.85 bits per heavy atom. The number of nitrogens with one attached hydrogen (secondary N) is 1. The molecule has 0 saturated heterocycles. The van der Waals surface area contributed by atoms with E-state index in [1.807, 2.05) is 0 Å². The van der Waals surface area contributed by atoms with Gasteiger partial charge in [-0.2, -0.15) is 0 Å². The zero-order valence-electron chi connectivity index (χ0n) is 11.3. The van der Waals surface area contributed by atoms with Crippen LogP contribution in [-0.2, 0) is 4.74 Å². The van der Waals surface area contributed by atoms with Gasteiger partial charge < -0.3 is 10.1 Å². The van der Waals surface area contributed by atoms with Gasteiger partial charge in [-0.1, -0.05) is 13.8 Å². The molecule has 2 aromatic rings. The number of ether oxygens (including phenoxy) is 1. The van der Waals surface area contributed by atoms with Crippen LogP contribution in [0.2, 0.25) is 0 Å². The third-order valence-electron chi connectivity index (χ3n) is 2.60. The smallest absolute Gasteiger partial charge is 0.300 e. The van der Waals surface area contributed by atoms with Crippen molar-refractivity contribution in [3.8, 4) is 0 Å². The summed E-state index contributed by atoms with van der Waals surface area (Å²) in [4.78, 5) is 10.3. The molecule has 0 aliphatic heterocycles. The summed E-state index contributed by atoms with van der Waals surface area (Å²) in [5.41, 5.74) is 1.01. The molecule has 0 bridgehead atoms. The molecule has 2 rings (SSSR count). The Morgan fingerprint density at radius 1 is 1.40 bits per heavy atom. The zero-order chi connectivity index (χ0) is 14.5. The van der Waals surface area contributed by atoms with Crippen LogP contribution in [0.25, 0.3) is 11.0 Å². The van der Waals surface area contributed by atoms with E-state index < -0.39 is 4.92 Å². The number of fused-ring (bicyclic) bond motifs is 1. The topological polar surface area (TPSA) is 103 Å². The Bertz CT molecular complexity index is 596. The van der Waals surface area contributed by atoms with E-state index in [9.17, 15) is 10.1 Å². The Kier molecular flexibility index (Phi) is 4.46. The molecule has 0 radical (unpaired) electrons. The normalized spacial score (nSPS) is 11.2. The lowest BCUT2D eigenvalue weighted by atomic mass is 10.2. The van der Waals surface area contributed by atoms with Crippen LogP contribution in [0.5, 0.6) is 0 Å². The van der Waals surface area contributed by atoms with Crippen LogP contribution >= 0.6 is 0 Å². The predicted molar refractivity (Wildman–Crippen MR) is 72.6 cm³/mol. The molecule has 1 N–H and O–H groups in total. The second-order valence-electron chi connectivity index (χ2n) is 4.75. The molecule has 0 unspecified atom stereocenters. The van der Waals surface area contributed by atoms with Gasteiger partial charge in [-0.15, -0.1) is 0 Å². The lowest BCUT2D eigenvalue weighted by Crippen LogP contribution is -2.12. The summed E-state index contributed by atoms with van der Waals surface area (Å²) >= 11 is 0. The summed E-state index contributed by atoms with van der Waals surface area (Å²) in [6, 6.07) is 2.97. The first-order chi connectivity index (χ1) is 9.59. The molecule has 108 valence electrons. The fourth-order valence-corrected chi connectivity index (χ4v) is 1.72. The minimum Gasteiger partial charge on any atom is -0.381 e. The third kappa shape index (κ3) is 3.21. The maximum Gasteiger partial charge on any atom is 0.300 e. The van der Waals surface area contributed by atoms with Crippen LogP contribution in [0, 0.1) is 16.0 Å². The first kappa shape index (κ1) is 14.2. The number of benzene rings is 1. The molecule has 0 aliphatic carbocycles. The molecule has 0 atom stereocenters. The SMILES string of the molecule is CC(C)COCCNc1ccc([N+](=O)[O-])c2nonc12. The van der Waals surface area contributed by atoms with E-state index in [2.05, 4.69) is 34.1 Å². The average Bonchev–Trinajstić information content (AvgIpc) is 2.86. The van der Waals surface area contributed by atoms with Gasteiger partial charge in [-0.05, 0) is 22.3 Å². The van der Waals surface area contributed by atoms with Crippen molar-refractivity contribution >= 4 is 22.4 Å². The fraction of sp³-hybridized carbons (Fsp3) is 0.500. The molecule has 1 heterocycles. The summed E-state index contributed by atoms with van der Waals surface area (Å²) in [7, 11) is 0. The number of hydrogen-bond acceptors (Lipinski definition) is 7. The lowest BCUT2D eigenvalue weighted by Gasteiger charge is -2.08. The van der Waals surface area contributed by atoms with Crippen LogP contribution < -0.4 is 5.32 Å². The second-order valence-corrected chi connectivity index (χ2v) is 4.75. The van der Waals surface area contributed by atoms with E-state index in [0.717, 1.165) is 0 Å².